The molecule has 4 aromatic carbocycles. The van der Waals surface area contributed by atoms with Crippen molar-refractivity contribution in [2.45, 2.75) is 65.1 Å². The summed E-state index contributed by atoms with van der Waals surface area (Å²) >= 11 is 0. The van der Waals surface area contributed by atoms with Crippen LogP contribution in [0.25, 0.3) is 0 Å². The fourth-order valence-corrected chi connectivity index (χ4v) is 9.63. The molecular formula is C33H39Cl3SiTi. The van der Waals surface area contributed by atoms with E-state index in [2.05, 4.69) is 133 Å². The quantitative estimate of drug-likeness (QED) is 0.141. The van der Waals surface area contributed by atoms with E-state index in [1.807, 2.05) is 0 Å². The Hall–Kier alpha value is -1.19. The van der Waals surface area contributed by atoms with E-state index in [-0.39, 0.29) is 64.4 Å². The average molecular weight is 618 g/mol. The third kappa shape index (κ3) is 6.75. The smallest absolute Gasteiger partial charge is 1.00 e. The summed E-state index contributed by atoms with van der Waals surface area (Å²) in [5, 5.41) is 1.62. The minimum absolute atomic E-state index is 0. The number of hydrogen-bond donors (Lipinski definition) is 0. The molecular weight excluding hydrogens is 579 g/mol. The van der Waals surface area contributed by atoms with Crippen molar-refractivity contribution in [1.29, 1.82) is 0 Å². The van der Waals surface area contributed by atoms with Crippen LogP contribution < -0.4 is 42.4 Å². The molecule has 0 saturated carbocycles. The zero-order valence-corrected chi connectivity index (χ0v) is 28.2. The van der Waals surface area contributed by atoms with E-state index in [0.29, 0.717) is 0 Å². The standard InChI is InChI=1S/C33H39Si.3ClH.Ti/c1-7-34(8-2,9-3)32-20-19-31(24-32)33(28-16-10-13-25(4)21-28,29-17-11-14-26(5)22-29)30-18-12-15-27(6)23-30;;;;/h10-24H,7-9H2,1-6H3;3*1H;/q-1;;;;+4/p-3. The Morgan fingerprint density at radius 3 is 1.26 bits per heavy atom. The van der Waals surface area contributed by atoms with Crippen molar-refractivity contribution in [3.05, 3.63) is 130 Å². The van der Waals surface area contributed by atoms with E-state index in [1.165, 1.54) is 57.1 Å². The Labute approximate surface area is 265 Å². The van der Waals surface area contributed by atoms with Crippen molar-refractivity contribution in [2.24, 2.45) is 0 Å². The number of halogens is 3. The fourth-order valence-electron chi connectivity index (χ4n) is 6.00. The first-order chi connectivity index (χ1) is 16.4. The van der Waals surface area contributed by atoms with Crippen molar-refractivity contribution in [3.63, 3.8) is 0 Å². The SMILES string of the molecule is CC[Si](CC)(CC)[c-]1ccc(C(c2cccc(C)c2)(c2cccc(C)c2)c2cccc(C)c2)c1.[Cl-].[Cl-].[Cl-].[Ti+4]. The molecule has 0 atom stereocenters. The van der Waals surface area contributed by atoms with Gasteiger partial charge in [0.2, 0.25) is 0 Å². The third-order valence-electron chi connectivity index (χ3n) is 8.18. The maximum atomic E-state index is 2.58. The zero-order valence-electron chi connectivity index (χ0n) is 23.4. The van der Waals surface area contributed by atoms with E-state index >= 15 is 0 Å². The van der Waals surface area contributed by atoms with Crippen LogP contribution in [-0.4, -0.2) is 8.07 Å². The van der Waals surface area contributed by atoms with Gasteiger partial charge in [-0.25, -0.2) is 6.07 Å². The van der Waals surface area contributed by atoms with E-state index in [9.17, 15) is 0 Å². The molecule has 4 rings (SSSR count). The van der Waals surface area contributed by atoms with Gasteiger partial charge in [-0.15, -0.1) is 0 Å². The van der Waals surface area contributed by atoms with Crippen LogP contribution in [0.1, 0.15) is 59.7 Å². The Morgan fingerprint density at radius 2 is 0.947 bits per heavy atom. The van der Waals surface area contributed by atoms with Gasteiger partial charge in [-0.2, -0.15) is 22.9 Å². The average Bonchev–Trinajstić information content (AvgIpc) is 3.32. The Balaban J connectivity index is 0.00000342. The van der Waals surface area contributed by atoms with Gasteiger partial charge in [-0.3, -0.25) is 0 Å². The largest absolute Gasteiger partial charge is 4.00 e. The van der Waals surface area contributed by atoms with Gasteiger partial charge in [-0.1, -0.05) is 128 Å². The Kier molecular flexibility index (Phi) is 15.1. The van der Waals surface area contributed by atoms with Crippen LogP contribution in [0.15, 0.2) is 91.0 Å². The minimum atomic E-state index is -1.49. The van der Waals surface area contributed by atoms with Crippen LogP contribution in [-0.2, 0) is 27.1 Å². The molecule has 0 bridgehead atoms. The van der Waals surface area contributed by atoms with Crippen LogP contribution in [0.5, 0.6) is 0 Å². The van der Waals surface area contributed by atoms with Crippen molar-refractivity contribution < 1.29 is 58.9 Å². The molecule has 0 aliphatic heterocycles. The second-order valence-electron chi connectivity index (χ2n) is 10.1. The van der Waals surface area contributed by atoms with E-state index in [4.69, 9.17) is 0 Å². The third-order valence-corrected chi connectivity index (χ3v) is 13.8. The topological polar surface area (TPSA) is 0 Å². The molecule has 0 heterocycles. The summed E-state index contributed by atoms with van der Waals surface area (Å²) in [6, 6.07) is 38.8. The zero-order chi connectivity index (χ0) is 24.3. The number of benzene rings is 3. The molecule has 0 N–H and O–H groups in total. The normalized spacial score (nSPS) is 10.9. The minimum Gasteiger partial charge on any atom is -1.00 e. The van der Waals surface area contributed by atoms with Crippen LogP contribution in [0.2, 0.25) is 18.1 Å². The molecule has 0 saturated heterocycles. The maximum absolute atomic E-state index is 2.58. The van der Waals surface area contributed by atoms with Gasteiger partial charge in [-0.05, 0) is 37.5 Å². The summed E-state index contributed by atoms with van der Waals surface area (Å²) in [4.78, 5) is 0. The van der Waals surface area contributed by atoms with Crippen molar-refractivity contribution in [1.82, 2.24) is 0 Å². The van der Waals surface area contributed by atoms with Gasteiger partial charge >= 0.3 is 21.7 Å². The molecule has 200 valence electrons. The van der Waals surface area contributed by atoms with E-state index in [1.54, 1.807) is 5.19 Å². The first-order valence-electron chi connectivity index (χ1n) is 12.9. The van der Waals surface area contributed by atoms with Crippen molar-refractivity contribution in [3.8, 4) is 0 Å². The summed E-state index contributed by atoms with van der Waals surface area (Å²) in [7, 11) is -1.49. The molecule has 0 fully saturated rings. The first-order valence-corrected chi connectivity index (χ1v) is 15.5. The van der Waals surface area contributed by atoms with Crippen molar-refractivity contribution in [2.75, 3.05) is 0 Å². The molecule has 38 heavy (non-hydrogen) atoms. The molecule has 0 radical (unpaired) electrons. The summed E-state index contributed by atoms with van der Waals surface area (Å²) in [5.74, 6) is 0. The number of rotatable bonds is 8. The summed E-state index contributed by atoms with van der Waals surface area (Å²) in [6.45, 7) is 13.8. The van der Waals surface area contributed by atoms with Gasteiger partial charge in [0.15, 0.2) is 0 Å². The maximum Gasteiger partial charge on any atom is 4.00 e. The molecule has 0 unspecified atom stereocenters. The molecule has 0 amide bonds. The Bertz CT molecular complexity index is 1160. The van der Waals surface area contributed by atoms with Crippen molar-refractivity contribution >= 4 is 13.3 Å². The molecule has 5 heteroatoms. The van der Waals surface area contributed by atoms with Crippen LogP contribution in [0, 0.1) is 20.8 Å². The molecule has 0 aliphatic rings. The molecule has 0 aromatic heterocycles. The monoisotopic (exact) mass is 616 g/mol. The number of hydrogen-bond acceptors (Lipinski definition) is 0. The van der Waals surface area contributed by atoms with Crippen LogP contribution in [0.4, 0.5) is 0 Å². The first kappa shape index (κ1) is 36.8. The molecule has 0 spiro atoms. The van der Waals surface area contributed by atoms with Gasteiger partial charge in [0.25, 0.3) is 0 Å². The molecule has 0 nitrogen and oxygen atoms in total. The van der Waals surface area contributed by atoms with Gasteiger partial charge in [0, 0.05) is 13.5 Å². The number of aryl methyl sites for hydroxylation is 3. The van der Waals surface area contributed by atoms with E-state index in [0.717, 1.165) is 0 Å². The molecule has 0 aliphatic carbocycles. The Morgan fingerprint density at radius 1 is 0.579 bits per heavy atom. The summed E-state index contributed by atoms with van der Waals surface area (Å²) in [6.07, 6.45) is 0. The predicted molar refractivity (Wildman–Crippen MR) is 151 cm³/mol. The van der Waals surface area contributed by atoms with Gasteiger partial charge in [0.05, 0.1) is 0 Å². The van der Waals surface area contributed by atoms with E-state index < -0.39 is 8.07 Å². The van der Waals surface area contributed by atoms with Gasteiger partial charge < -0.3 is 37.2 Å². The van der Waals surface area contributed by atoms with Crippen LogP contribution in [0.3, 0.4) is 0 Å². The van der Waals surface area contributed by atoms with Gasteiger partial charge in [0.1, 0.15) is 0 Å². The summed E-state index contributed by atoms with van der Waals surface area (Å²) in [5.41, 5.74) is 8.98. The van der Waals surface area contributed by atoms with Crippen LogP contribution >= 0.6 is 0 Å². The summed E-state index contributed by atoms with van der Waals surface area (Å²) < 4.78 is 0. The second-order valence-corrected chi connectivity index (χ2v) is 15.3. The second kappa shape index (κ2) is 15.6. The fraction of sp³-hybridized carbons (Fsp3) is 0.303. The predicted octanol–water partition coefficient (Wildman–Crippen LogP) is -0.562. The molecule has 4 aromatic rings.